The van der Waals surface area contributed by atoms with Gasteiger partial charge in [-0.2, -0.15) is 13.2 Å². The molecule has 0 spiro atoms. The molecule has 8 heteroatoms. The maximum absolute atomic E-state index is 13.8. The van der Waals surface area contributed by atoms with Crippen molar-refractivity contribution in [3.8, 4) is 0 Å². The van der Waals surface area contributed by atoms with Crippen LogP contribution in [0.1, 0.15) is 22.1 Å². The van der Waals surface area contributed by atoms with E-state index in [1.807, 2.05) is 0 Å². The van der Waals surface area contributed by atoms with E-state index in [1.165, 1.54) is 47.0 Å². The third-order valence-corrected chi connectivity index (χ3v) is 5.07. The van der Waals surface area contributed by atoms with Crippen LogP contribution in [-0.2, 0) is 17.5 Å². The minimum absolute atomic E-state index is 0.147. The Hall–Kier alpha value is -2.09. The van der Waals surface area contributed by atoms with Crippen molar-refractivity contribution in [2.75, 3.05) is 5.75 Å². The number of carbonyl (C=O) groups is 1. The van der Waals surface area contributed by atoms with E-state index in [0.717, 1.165) is 6.07 Å². The van der Waals surface area contributed by atoms with Gasteiger partial charge in [-0.25, -0.2) is 8.78 Å². The zero-order valence-electron chi connectivity index (χ0n) is 12.7. The highest BCUT2D eigenvalue weighted by molar-refractivity contribution is 8.00. The maximum Gasteiger partial charge on any atom is 0.419 e. The lowest BCUT2D eigenvalue weighted by Crippen LogP contribution is -2.27. The van der Waals surface area contributed by atoms with Gasteiger partial charge in [0.25, 0.3) is 0 Å². The Labute approximate surface area is 144 Å². The predicted molar refractivity (Wildman–Crippen MR) is 83.6 cm³/mol. The van der Waals surface area contributed by atoms with Crippen molar-refractivity contribution in [1.82, 2.24) is 4.90 Å². The van der Waals surface area contributed by atoms with Crippen molar-refractivity contribution in [3.63, 3.8) is 0 Å². The first-order valence-corrected chi connectivity index (χ1v) is 8.33. The second-order valence-corrected chi connectivity index (χ2v) is 6.62. The van der Waals surface area contributed by atoms with Crippen LogP contribution in [0.4, 0.5) is 22.0 Å². The van der Waals surface area contributed by atoms with Gasteiger partial charge in [0.15, 0.2) is 0 Å². The van der Waals surface area contributed by atoms with Crippen LogP contribution in [0.25, 0.3) is 0 Å². The molecule has 1 amide bonds. The van der Waals surface area contributed by atoms with Gasteiger partial charge in [-0.3, -0.25) is 4.79 Å². The molecule has 1 fully saturated rings. The summed E-state index contributed by atoms with van der Waals surface area (Å²) in [6, 6.07) is 8.25. The van der Waals surface area contributed by atoms with Crippen LogP contribution >= 0.6 is 11.8 Å². The maximum atomic E-state index is 13.8. The molecule has 1 heterocycles. The Morgan fingerprint density at radius 3 is 2.36 bits per heavy atom. The topological polar surface area (TPSA) is 20.3 Å². The van der Waals surface area contributed by atoms with Crippen LogP contribution in [0.15, 0.2) is 42.5 Å². The van der Waals surface area contributed by atoms with Gasteiger partial charge in [-0.15, -0.1) is 11.8 Å². The fourth-order valence-corrected chi connectivity index (χ4v) is 3.78. The fourth-order valence-electron chi connectivity index (χ4n) is 2.60. The Bertz CT molecular complexity index is 791. The van der Waals surface area contributed by atoms with Gasteiger partial charge in [-0.1, -0.05) is 18.2 Å². The zero-order valence-corrected chi connectivity index (χ0v) is 13.5. The Morgan fingerprint density at radius 2 is 1.76 bits per heavy atom. The van der Waals surface area contributed by atoms with Crippen LogP contribution in [-0.4, -0.2) is 16.6 Å². The average molecular weight is 373 g/mol. The van der Waals surface area contributed by atoms with E-state index in [1.54, 1.807) is 0 Å². The number of thioether (sulfide) groups is 1. The van der Waals surface area contributed by atoms with Gasteiger partial charge in [0, 0.05) is 6.54 Å². The first-order valence-electron chi connectivity index (χ1n) is 7.28. The monoisotopic (exact) mass is 373 g/mol. The van der Waals surface area contributed by atoms with Gasteiger partial charge in [0.05, 0.1) is 11.3 Å². The van der Waals surface area contributed by atoms with Gasteiger partial charge >= 0.3 is 6.18 Å². The number of carbonyl (C=O) groups excluding carboxylic acids is 1. The molecule has 132 valence electrons. The molecule has 1 aliphatic heterocycles. The number of halogens is 5. The summed E-state index contributed by atoms with van der Waals surface area (Å²) in [5.41, 5.74) is -0.381. The third-order valence-electron chi connectivity index (χ3n) is 3.82. The molecule has 0 aliphatic carbocycles. The van der Waals surface area contributed by atoms with Crippen LogP contribution in [0, 0.1) is 11.6 Å². The summed E-state index contributed by atoms with van der Waals surface area (Å²) in [5.74, 6) is -1.84. The van der Waals surface area contributed by atoms with Gasteiger partial charge in [0.2, 0.25) is 5.91 Å². The van der Waals surface area contributed by atoms with Crippen molar-refractivity contribution < 1.29 is 26.7 Å². The molecule has 0 radical (unpaired) electrons. The molecule has 25 heavy (non-hydrogen) atoms. The summed E-state index contributed by atoms with van der Waals surface area (Å²) in [4.78, 5) is 13.5. The van der Waals surface area contributed by atoms with Crippen LogP contribution in [0.5, 0.6) is 0 Å². The summed E-state index contributed by atoms with van der Waals surface area (Å²) in [7, 11) is 0. The molecule has 1 saturated heterocycles. The van der Waals surface area contributed by atoms with Crippen molar-refractivity contribution >= 4 is 17.7 Å². The SMILES string of the molecule is O=C1CSC(c2ccc(C(F)(F)F)c(F)c2)N1Cc1ccc(F)cc1. The van der Waals surface area contributed by atoms with Gasteiger partial charge in [-0.05, 0) is 35.4 Å². The van der Waals surface area contributed by atoms with Crippen LogP contribution in [0.2, 0.25) is 0 Å². The van der Waals surface area contributed by atoms with E-state index in [2.05, 4.69) is 0 Å². The molecule has 1 aliphatic rings. The molecule has 2 nitrogen and oxygen atoms in total. The molecule has 2 aromatic carbocycles. The molecule has 0 bridgehead atoms. The van der Waals surface area contributed by atoms with E-state index < -0.39 is 28.7 Å². The van der Waals surface area contributed by atoms with E-state index in [-0.39, 0.29) is 23.8 Å². The molecule has 0 aromatic heterocycles. The molecule has 2 aromatic rings. The molecule has 0 N–H and O–H groups in total. The second kappa shape index (κ2) is 6.67. The van der Waals surface area contributed by atoms with E-state index in [0.29, 0.717) is 11.6 Å². The average Bonchev–Trinajstić information content (AvgIpc) is 2.89. The summed E-state index contributed by atoms with van der Waals surface area (Å²) >= 11 is 1.21. The number of amides is 1. The normalized spacial score (nSPS) is 18.0. The second-order valence-electron chi connectivity index (χ2n) is 5.55. The Balaban J connectivity index is 1.86. The smallest absolute Gasteiger partial charge is 0.322 e. The highest BCUT2D eigenvalue weighted by atomic mass is 32.2. The third kappa shape index (κ3) is 3.78. The van der Waals surface area contributed by atoms with E-state index >= 15 is 0 Å². The quantitative estimate of drug-likeness (QED) is 0.723. The molecule has 0 saturated carbocycles. The first-order chi connectivity index (χ1) is 11.8. The minimum Gasteiger partial charge on any atom is -0.322 e. The molecule has 1 unspecified atom stereocenters. The Kier molecular flexibility index (Phi) is 4.73. The lowest BCUT2D eigenvalue weighted by molar-refractivity contribution is -0.140. The summed E-state index contributed by atoms with van der Waals surface area (Å²) in [6.45, 7) is 0.166. The molecule has 1 atom stereocenters. The van der Waals surface area contributed by atoms with E-state index in [9.17, 15) is 26.7 Å². The highest BCUT2D eigenvalue weighted by Crippen LogP contribution is 2.41. The number of nitrogens with zero attached hydrogens (tertiary/aromatic N) is 1. The number of rotatable bonds is 3. The number of benzene rings is 2. The summed E-state index contributed by atoms with van der Waals surface area (Å²) in [6.07, 6.45) is -4.77. The van der Waals surface area contributed by atoms with Crippen molar-refractivity contribution in [2.24, 2.45) is 0 Å². The largest absolute Gasteiger partial charge is 0.419 e. The number of hydrogen-bond donors (Lipinski definition) is 0. The van der Waals surface area contributed by atoms with Crippen molar-refractivity contribution in [1.29, 1.82) is 0 Å². The minimum atomic E-state index is -4.77. The molecular formula is C17H12F5NOS. The Morgan fingerprint density at radius 1 is 1.08 bits per heavy atom. The van der Waals surface area contributed by atoms with Crippen LogP contribution in [0.3, 0.4) is 0 Å². The highest BCUT2D eigenvalue weighted by Gasteiger charge is 2.37. The fraction of sp³-hybridized carbons (Fsp3) is 0.235. The summed E-state index contributed by atoms with van der Waals surface area (Å²) < 4.78 is 64.8. The van der Waals surface area contributed by atoms with Crippen LogP contribution < -0.4 is 0 Å². The van der Waals surface area contributed by atoms with E-state index in [4.69, 9.17) is 0 Å². The molecule has 3 rings (SSSR count). The standard InChI is InChI=1S/C17H12F5NOS/c18-12-4-1-10(2-5-12)8-23-15(24)9-25-16(23)11-3-6-13(14(19)7-11)17(20,21)22/h1-7,16H,8-9H2. The van der Waals surface area contributed by atoms with Gasteiger partial charge in [0.1, 0.15) is 17.0 Å². The number of alkyl halides is 3. The van der Waals surface area contributed by atoms with Crippen molar-refractivity contribution in [3.05, 3.63) is 70.8 Å². The number of hydrogen-bond acceptors (Lipinski definition) is 2. The molecular weight excluding hydrogens is 361 g/mol. The van der Waals surface area contributed by atoms with Crippen molar-refractivity contribution in [2.45, 2.75) is 18.1 Å². The summed E-state index contributed by atoms with van der Waals surface area (Å²) in [5, 5.41) is -0.589. The zero-order chi connectivity index (χ0) is 18.2. The lowest BCUT2D eigenvalue weighted by Gasteiger charge is -2.25. The first kappa shape index (κ1) is 17.7. The van der Waals surface area contributed by atoms with Gasteiger partial charge < -0.3 is 4.90 Å². The lowest BCUT2D eigenvalue weighted by atomic mass is 10.1. The predicted octanol–water partition coefficient (Wildman–Crippen LogP) is 4.76.